The molecule has 29 heavy (non-hydrogen) atoms. The smallest absolute Gasteiger partial charge is 0.331 e. The fourth-order valence-corrected chi connectivity index (χ4v) is 3.90. The molecular weight excluding hydrogens is 400 g/mol. The van der Waals surface area contributed by atoms with Crippen molar-refractivity contribution >= 4 is 33.6 Å². The Kier molecular flexibility index (Phi) is 5.50. The van der Waals surface area contributed by atoms with E-state index in [9.17, 15) is 22.8 Å². The Morgan fingerprint density at radius 3 is 2.62 bits per heavy atom. The molecule has 1 aliphatic heterocycles. The molecule has 1 atom stereocenters. The first-order chi connectivity index (χ1) is 13.7. The van der Waals surface area contributed by atoms with Gasteiger partial charge in [-0.2, -0.15) is 0 Å². The molecule has 2 aromatic rings. The maximum Gasteiger partial charge on any atom is 0.331 e. The van der Waals surface area contributed by atoms with Gasteiger partial charge in [0.15, 0.2) is 6.61 Å². The molecule has 0 aliphatic carbocycles. The Balaban J connectivity index is 1.59. The highest BCUT2D eigenvalue weighted by atomic mass is 32.2. The number of benzene rings is 1. The second kappa shape index (κ2) is 7.87. The number of aliphatic imine (C=N–C) groups is 1. The van der Waals surface area contributed by atoms with Crippen LogP contribution < -0.4 is 10.0 Å². The molecule has 0 radical (unpaired) electrons. The predicted octanol–water partition coefficient (Wildman–Crippen LogP) is -0.0481. The fourth-order valence-electron chi connectivity index (χ4n) is 2.66. The third kappa shape index (κ3) is 4.35. The molecule has 1 aliphatic rings. The number of imide groups is 1. The van der Waals surface area contributed by atoms with Crippen LogP contribution in [0, 0.1) is 0 Å². The number of hydrogen-bond acceptors (Lipinski definition) is 7. The monoisotopic (exact) mass is 418 g/mol. The highest BCUT2D eigenvalue weighted by molar-refractivity contribution is 7.90. The van der Waals surface area contributed by atoms with E-state index in [0.717, 1.165) is 0 Å². The minimum absolute atomic E-state index is 0.0217. The number of hydrogen-bond donors (Lipinski definition) is 2. The SMILES string of the molecule is C[C@H](N=C1NS(=O)(=O)c2ccccc21)C(=O)OCC(=O)NC(=O)c1cccn1C. The van der Waals surface area contributed by atoms with Crippen LogP contribution in [0.4, 0.5) is 0 Å². The summed E-state index contributed by atoms with van der Waals surface area (Å²) in [6.45, 7) is 0.726. The Morgan fingerprint density at radius 2 is 1.93 bits per heavy atom. The normalized spacial score (nSPS) is 16.6. The number of nitrogens with zero attached hydrogens (tertiary/aromatic N) is 2. The van der Waals surface area contributed by atoms with Crippen LogP contribution in [0.25, 0.3) is 0 Å². The Labute approximate surface area is 166 Å². The predicted molar refractivity (Wildman–Crippen MR) is 102 cm³/mol. The third-order valence-electron chi connectivity index (χ3n) is 4.10. The van der Waals surface area contributed by atoms with Crippen LogP contribution in [0.1, 0.15) is 23.0 Å². The van der Waals surface area contributed by atoms with Crippen molar-refractivity contribution in [2.75, 3.05) is 6.61 Å². The zero-order valence-electron chi connectivity index (χ0n) is 15.6. The summed E-state index contributed by atoms with van der Waals surface area (Å²) in [7, 11) is -2.08. The summed E-state index contributed by atoms with van der Waals surface area (Å²) in [5, 5.41) is 2.11. The second-order valence-corrected chi connectivity index (χ2v) is 7.90. The number of carbonyl (C=O) groups excluding carboxylic acids is 3. The maximum atomic E-state index is 12.1. The molecule has 2 heterocycles. The third-order valence-corrected chi connectivity index (χ3v) is 5.50. The molecule has 152 valence electrons. The summed E-state index contributed by atoms with van der Waals surface area (Å²) in [4.78, 5) is 40.0. The molecule has 0 saturated carbocycles. The Hall–Kier alpha value is -3.47. The number of amides is 2. The molecule has 0 saturated heterocycles. The van der Waals surface area contributed by atoms with Crippen molar-refractivity contribution in [3.63, 3.8) is 0 Å². The molecule has 2 amide bonds. The highest BCUT2D eigenvalue weighted by Gasteiger charge is 2.31. The first-order valence-electron chi connectivity index (χ1n) is 8.51. The number of aromatic nitrogens is 1. The lowest BCUT2D eigenvalue weighted by Crippen LogP contribution is -2.36. The van der Waals surface area contributed by atoms with Gasteiger partial charge in [0.05, 0.1) is 4.90 Å². The number of sulfonamides is 1. The first-order valence-corrected chi connectivity index (χ1v) is 9.99. The number of fused-ring (bicyclic) bond motifs is 1. The maximum absolute atomic E-state index is 12.1. The van der Waals surface area contributed by atoms with E-state index in [1.807, 2.05) is 0 Å². The van der Waals surface area contributed by atoms with E-state index in [1.54, 1.807) is 37.5 Å². The van der Waals surface area contributed by atoms with Gasteiger partial charge in [0.1, 0.15) is 17.6 Å². The number of carbonyl (C=O) groups is 3. The molecule has 0 bridgehead atoms. The van der Waals surface area contributed by atoms with E-state index < -0.39 is 40.5 Å². The number of ether oxygens (including phenoxy) is 1. The van der Waals surface area contributed by atoms with Crippen molar-refractivity contribution < 1.29 is 27.5 Å². The average molecular weight is 418 g/mol. The van der Waals surface area contributed by atoms with Crippen LogP contribution in [-0.2, 0) is 31.4 Å². The van der Waals surface area contributed by atoms with Crippen LogP contribution in [0.15, 0.2) is 52.5 Å². The van der Waals surface area contributed by atoms with E-state index in [2.05, 4.69) is 15.0 Å². The summed E-state index contributed by atoms with van der Waals surface area (Å²) < 4.78 is 32.8. The highest BCUT2D eigenvalue weighted by Crippen LogP contribution is 2.22. The van der Waals surface area contributed by atoms with Crippen molar-refractivity contribution in [2.45, 2.75) is 17.9 Å². The lowest BCUT2D eigenvalue weighted by molar-refractivity contribution is -0.149. The topological polar surface area (TPSA) is 136 Å². The standard InChI is InChI=1S/C18H18N4O6S/c1-11(19-16-12-6-3-4-8-14(12)29(26,27)21-16)18(25)28-10-15(23)20-17(24)13-7-5-9-22(13)2/h3-9,11H,10H2,1-2H3,(H,19,21)(H,20,23,24)/t11-/m0/s1. The van der Waals surface area contributed by atoms with Gasteiger partial charge in [-0.3, -0.25) is 24.6 Å². The molecule has 3 rings (SSSR count). The minimum atomic E-state index is -3.73. The molecule has 2 N–H and O–H groups in total. The van der Waals surface area contributed by atoms with Gasteiger partial charge in [-0.1, -0.05) is 12.1 Å². The molecule has 1 aromatic carbocycles. The molecule has 0 unspecified atom stereocenters. The van der Waals surface area contributed by atoms with Gasteiger partial charge >= 0.3 is 5.97 Å². The van der Waals surface area contributed by atoms with E-state index >= 15 is 0 Å². The van der Waals surface area contributed by atoms with Crippen LogP contribution in [0.5, 0.6) is 0 Å². The van der Waals surface area contributed by atoms with Gasteiger partial charge in [0.2, 0.25) is 0 Å². The zero-order valence-corrected chi connectivity index (χ0v) is 16.4. The largest absolute Gasteiger partial charge is 0.454 e. The number of nitrogens with one attached hydrogen (secondary N) is 2. The van der Waals surface area contributed by atoms with Gasteiger partial charge in [-0.05, 0) is 31.2 Å². The quantitative estimate of drug-likeness (QED) is 0.654. The van der Waals surface area contributed by atoms with Crippen molar-refractivity contribution in [3.05, 3.63) is 53.9 Å². The van der Waals surface area contributed by atoms with Crippen molar-refractivity contribution in [1.82, 2.24) is 14.6 Å². The number of esters is 1. The molecule has 0 fully saturated rings. The zero-order chi connectivity index (χ0) is 21.2. The summed E-state index contributed by atoms with van der Waals surface area (Å²) >= 11 is 0. The van der Waals surface area contributed by atoms with Gasteiger partial charge in [-0.15, -0.1) is 0 Å². The van der Waals surface area contributed by atoms with Gasteiger partial charge in [0, 0.05) is 18.8 Å². The van der Waals surface area contributed by atoms with E-state index in [0.29, 0.717) is 5.56 Å². The van der Waals surface area contributed by atoms with Gasteiger partial charge in [-0.25, -0.2) is 13.2 Å². The Bertz CT molecular complexity index is 1120. The van der Waals surface area contributed by atoms with Gasteiger partial charge < -0.3 is 9.30 Å². The van der Waals surface area contributed by atoms with E-state index in [-0.39, 0.29) is 16.4 Å². The van der Waals surface area contributed by atoms with Crippen LogP contribution in [-0.4, -0.2) is 49.3 Å². The lowest BCUT2D eigenvalue weighted by Gasteiger charge is -2.09. The van der Waals surface area contributed by atoms with Crippen molar-refractivity contribution in [3.8, 4) is 0 Å². The summed E-state index contributed by atoms with van der Waals surface area (Å²) in [5.74, 6) is -2.24. The number of amidine groups is 1. The summed E-state index contributed by atoms with van der Waals surface area (Å²) in [6.07, 6.45) is 1.65. The van der Waals surface area contributed by atoms with Crippen molar-refractivity contribution in [1.29, 1.82) is 0 Å². The summed E-state index contributed by atoms with van der Waals surface area (Å²) in [5.41, 5.74) is 0.620. The molecule has 1 aromatic heterocycles. The lowest BCUT2D eigenvalue weighted by atomic mass is 10.2. The molecule has 10 nitrogen and oxygen atoms in total. The van der Waals surface area contributed by atoms with Crippen LogP contribution in [0.3, 0.4) is 0 Å². The van der Waals surface area contributed by atoms with E-state index in [1.165, 1.54) is 23.6 Å². The molecule has 0 spiro atoms. The van der Waals surface area contributed by atoms with Gasteiger partial charge in [0.25, 0.3) is 21.8 Å². The first kappa shape index (κ1) is 20.3. The summed E-state index contributed by atoms with van der Waals surface area (Å²) in [6, 6.07) is 8.32. The number of aryl methyl sites for hydroxylation is 1. The van der Waals surface area contributed by atoms with E-state index in [4.69, 9.17) is 4.74 Å². The fraction of sp³-hybridized carbons (Fsp3) is 0.222. The van der Waals surface area contributed by atoms with Crippen molar-refractivity contribution in [2.24, 2.45) is 12.0 Å². The van der Waals surface area contributed by atoms with Crippen LogP contribution in [0.2, 0.25) is 0 Å². The second-order valence-electron chi connectivity index (χ2n) is 6.24. The number of rotatable bonds is 5. The molecular formula is C18H18N4O6S. The minimum Gasteiger partial charge on any atom is -0.454 e. The Morgan fingerprint density at radius 1 is 1.21 bits per heavy atom. The average Bonchev–Trinajstić information content (AvgIpc) is 3.21. The molecule has 11 heteroatoms. The van der Waals surface area contributed by atoms with Crippen LogP contribution >= 0.6 is 0 Å².